The Bertz CT molecular complexity index is 436. The molecule has 1 aliphatic heterocycles. The van der Waals surface area contributed by atoms with Crippen LogP contribution in [-0.4, -0.2) is 54.9 Å². The van der Waals surface area contributed by atoms with Gasteiger partial charge in [-0.25, -0.2) is 0 Å². The van der Waals surface area contributed by atoms with Crippen LogP contribution in [0.4, 0.5) is 0 Å². The largest absolute Gasteiger partial charge is 0.304 e. The zero-order chi connectivity index (χ0) is 13.1. The van der Waals surface area contributed by atoms with E-state index in [4.69, 9.17) is 11.6 Å². The number of carbonyl (C=O) groups is 1. The van der Waals surface area contributed by atoms with Gasteiger partial charge in [-0.1, -0.05) is 23.7 Å². The summed E-state index contributed by atoms with van der Waals surface area (Å²) in [5, 5.41) is 0.546. The Morgan fingerprint density at radius 3 is 2.78 bits per heavy atom. The number of Topliss-reactive ketones (excluding diaryl/α,β-unsaturated/α-hetero) is 1. The van der Waals surface area contributed by atoms with Crippen LogP contribution in [0.2, 0.25) is 5.02 Å². The molecule has 0 aliphatic carbocycles. The molecule has 2 rings (SSSR count). The van der Waals surface area contributed by atoms with Crippen LogP contribution in [0.25, 0.3) is 0 Å². The molecule has 0 radical (unpaired) electrons. The summed E-state index contributed by atoms with van der Waals surface area (Å²) in [6.45, 7) is 5.58. The van der Waals surface area contributed by atoms with E-state index in [0.29, 0.717) is 23.2 Å². The molecule has 0 N–H and O–H groups in total. The summed E-state index contributed by atoms with van der Waals surface area (Å²) in [5.74, 6) is 0.108. The van der Waals surface area contributed by atoms with Gasteiger partial charge < -0.3 is 4.90 Å². The van der Waals surface area contributed by atoms with Crippen LogP contribution in [0.15, 0.2) is 24.3 Å². The molecule has 0 spiro atoms. The highest BCUT2D eigenvalue weighted by atomic mass is 35.5. The highest BCUT2D eigenvalue weighted by Gasteiger charge is 2.24. The van der Waals surface area contributed by atoms with Gasteiger partial charge in [0.15, 0.2) is 5.78 Å². The first-order valence-electron chi connectivity index (χ1n) is 6.28. The van der Waals surface area contributed by atoms with E-state index >= 15 is 0 Å². The van der Waals surface area contributed by atoms with Gasteiger partial charge in [0.2, 0.25) is 0 Å². The third-order valence-corrected chi connectivity index (χ3v) is 3.82. The minimum atomic E-state index is 0.108. The van der Waals surface area contributed by atoms with Gasteiger partial charge in [0.25, 0.3) is 0 Å². The van der Waals surface area contributed by atoms with Crippen LogP contribution in [-0.2, 0) is 0 Å². The molecular weight excluding hydrogens is 248 g/mol. The Kier molecular flexibility index (Phi) is 4.38. The third kappa shape index (κ3) is 3.10. The lowest BCUT2D eigenvalue weighted by Crippen LogP contribution is -2.51. The summed E-state index contributed by atoms with van der Waals surface area (Å²) in [6, 6.07) is 7.67. The van der Waals surface area contributed by atoms with Crippen molar-refractivity contribution >= 4 is 17.4 Å². The first-order valence-corrected chi connectivity index (χ1v) is 6.66. The van der Waals surface area contributed by atoms with E-state index in [1.165, 1.54) is 0 Å². The van der Waals surface area contributed by atoms with E-state index in [0.717, 1.165) is 19.6 Å². The first kappa shape index (κ1) is 13.5. The first-order chi connectivity index (χ1) is 8.58. The maximum atomic E-state index is 12.2. The van der Waals surface area contributed by atoms with Crippen molar-refractivity contribution in [2.45, 2.75) is 13.0 Å². The van der Waals surface area contributed by atoms with Crippen LogP contribution < -0.4 is 0 Å². The number of benzene rings is 1. The average molecular weight is 267 g/mol. The van der Waals surface area contributed by atoms with E-state index in [-0.39, 0.29) is 5.78 Å². The SMILES string of the molecule is CC1CN(C)CCN1CC(=O)c1ccccc1Cl. The lowest BCUT2D eigenvalue weighted by atomic mass is 10.1. The van der Waals surface area contributed by atoms with Crippen LogP contribution in [0.1, 0.15) is 17.3 Å². The van der Waals surface area contributed by atoms with E-state index in [2.05, 4.69) is 23.8 Å². The predicted octanol–water partition coefficient (Wildman–Crippen LogP) is 2.16. The van der Waals surface area contributed by atoms with Crippen LogP contribution >= 0.6 is 11.6 Å². The van der Waals surface area contributed by atoms with Crippen molar-refractivity contribution in [2.24, 2.45) is 0 Å². The van der Waals surface area contributed by atoms with Gasteiger partial charge >= 0.3 is 0 Å². The second kappa shape index (κ2) is 5.83. The normalized spacial score (nSPS) is 22.1. The number of likely N-dealkylation sites (N-methyl/N-ethyl adjacent to an activating group) is 1. The van der Waals surface area contributed by atoms with Crippen LogP contribution in [0.3, 0.4) is 0 Å². The van der Waals surface area contributed by atoms with Crippen molar-refractivity contribution in [3.63, 3.8) is 0 Å². The van der Waals surface area contributed by atoms with Gasteiger partial charge in [0.05, 0.1) is 11.6 Å². The quantitative estimate of drug-likeness (QED) is 0.784. The van der Waals surface area contributed by atoms with E-state index in [1.807, 2.05) is 12.1 Å². The minimum Gasteiger partial charge on any atom is -0.304 e. The highest BCUT2D eigenvalue weighted by molar-refractivity contribution is 6.34. The van der Waals surface area contributed by atoms with Crippen molar-refractivity contribution in [2.75, 3.05) is 33.2 Å². The molecule has 1 aromatic rings. The fourth-order valence-electron chi connectivity index (χ4n) is 2.37. The Balaban J connectivity index is 2.02. The molecule has 18 heavy (non-hydrogen) atoms. The number of carbonyl (C=O) groups excluding carboxylic acids is 1. The Morgan fingerprint density at radius 1 is 1.39 bits per heavy atom. The molecule has 0 saturated carbocycles. The Morgan fingerprint density at radius 2 is 2.11 bits per heavy atom. The molecule has 1 unspecified atom stereocenters. The molecule has 1 fully saturated rings. The number of nitrogens with zero attached hydrogens (tertiary/aromatic N) is 2. The summed E-state index contributed by atoms with van der Waals surface area (Å²) in [6.07, 6.45) is 0. The number of hydrogen-bond donors (Lipinski definition) is 0. The molecule has 0 amide bonds. The second-order valence-electron chi connectivity index (χ2n) is 4.98. The number of ketones is 1. The van der Waals surface area contributed by atoms with Gasteiger partial charge in [-0.15, -0.1) is 0 Å². The Hall–Kier alpha value is -0.900. The number of rotatable bonds is 3. The molecule has 1 heterocycles. The van der Waals surface area contributed by atoms with Gasteiger partial charge in [-0.3, -0.25) is 9.69 Å². The lowest BCUT2D eigenvalue weighted by molar-refractivity contribution is 0.0747. The van der Waals surface area contributed by atoms with Gasteiger partial charge in [0.1, 0.15) is 0 Å². The molecule has 3 nitrogen and oxygen atoms in total. The van der Waals surface area contributed by atoms with Gasteiger partial charge in [-0.05, 0) is 26.1 Å². The molecular formula is C14H19ClN2O. The second-order valence-corrected chi connectivity index (χ2v) is 5.39. The van der Waals surface area contributed by atoms with Crippen molar-refractivity contribution in [3.8, 4) is 0 Å². The van der Waals surface area contributed by atoms with Crippen molar-refractivity contribution in [1.82, 2.24) is 9.80 Å². The monoisotopic (exact) mass is 266 g/mol. The molecule has 4 heteroatoms. The summed E-state index contributed by atoms with van der Waals surface area (Å²) in [4.78, 5) is 16.7. The number of piperazine rings is 1. The molecule has 1 aliphatic rings. The smallest absolute Gasteiger partial charge is 0.178 e. The van der Waals surface area contributed by atoms with E-state index < -0.39 is 0 Å². The van der Waals surface area contributed by atoms with Crippen molar-refractivity contribution in [3.05, 3.63) is 34.9 Å². The van der Waals surface area contributed by atoms with E-state index in [9.17, 15) is 4.79 Å². The molecule has 0 bridgehead atoms. The molecule has 98 valence electrons. The standard InChI is InChI=1S/C14H19ClN2O/c1-11-9-16(2)7-8-17(11)10-14(18)12-5-3-4-6-13(12)15/h3-6,11H,7-10H2,1-2H3. The van der Waals surface area contributed by atoms with Crippen LogP contribution in [0.5, 0.6) is 0 Å². The van der Waals surface area contributed by atoms with Crippen molar-refractivity contribution in [1.29, 1.82) is 0 Å². The summed E-state index contributed by atoms with van der Waals surface area (Å²) in [5.41, 5.74) is 0.630. The van der Waals surface area contributed by atoms with Gasteiger partial charge in [0, 0.05) is 31.2 Å². The molecule has 1 atom stereocenters. The predicted molar refractivity (Wildman–Crippen MR) is 74.3 cm³/mol. The number of halogens is 1. The topological polar surface area (TPSA) is 23.6 Å². The van der Waals surface area contributed by atoms with Gasteiger partial charge in [-0.2, -0.15) is 0 Å². The third-order valence-electron chi connectivity index (χ3n) is 3.49. The summed E-state index contributed by atoms with van der Waals surface area (Å²) < 4.78 is 0. The summed E-state index contributed by atoms with van der Waals surface area (Å²) >= 11 is 6.05. The fourth-order valence-corrected chi connectivity index (χ4v) is 2.61. The zero-order valence-corrected chi connectivity index (χ0v) is 11.7. The summed E-state index contributed by atoms with van der Waals surface area (Å²) in [7, 11) is 2.11. The minimum absolute atomic E-state index is 0.108. The maximum absolute atomic E-state index is 12.2. The van der Waals surface area contributed by atoms with Crippen LogP contribution in [0, 0.1) is 0 Å². The van der Waals surface area contributed by atoms with Crippen molar-refractivity contribution < 1.29 is 4.79 Å². The molecule has 1 saturated heterocycles. The average Bonchev–Trinajstić information content (AvgIpc) is 2.33. The highest BCUT2D eigenvalue weighted by Crippen LogP contribution is 2.17. The van der Waals surface area contributed by atoms with E-state index in [1.54, 1.807) is 12.1 Å². The molecule has 0 aromatic heterocycles. The number of hydrogen-bond acceptors (Lipinski definition) is 3. The zero-order valence-electron chi connectivity index (χ0n) is 10.9. The molecule has 1 aromatic carbocycles. The Labute approximate surface area is 113 Å². The fraction of sp³-hybridized carbons (Fsp3) is 0.500. The lowest BCUT2D eigenvalue weighted by Gasteiger charge is -2.37. The maximum Gasteiger partial charge on any atom is 0.178 e.